The highest BCUT2D eigenvalue weighted by molar-refractivity contribution is 8.00. The number of carbonyl (C=O) groups excluding carboxylic acids is 2. The van der Waals surface area contributed by atoms with Crippen LogP contribution in [-0.2, 0) is 21.4 Å². The number of imide groups is 1. The number of halogens is 3. The zero-order valence-electron chi connectivity index (χ0n) is 18.6. The molecule has 1 N–H and O–H groups in total. The molecule has 2 aromatic carbocycles. The topological polar surface area (TPSA) is 99.7 Å². The first-order valence-electron chi connectivity index (χ1n) is 10.5. The molecule has 0 aliphatic carbocycles. The number of hydrogen-bond donors (Lipinski definition) is 1. The molecule has 1 aliphatic heterocycles. The zero-order chi connectivity index (χ0) is 26.1. The highest BCUT2D eigenvalue weighted by Gasteiger charge is 2.43. The first-order valence-corrected chi connectivity index (χ1v) is 12.8. The van der Waals surface area contributed by atoms with Crippen molar-refractivity contribution in [3.63, 3.8) is 0 Å². The molecule has 1 saturated heterocycles. The Morgan fingerprint density at radius 2 is 1.69 bits per heavy atom. The Morgan fingerprint density at radius 3 is 2.33 bits per heavy atom. The first kappa shape index (κ1) is 25.5. The summed E-state index contributed by atoms with van der Waals surface area (Å²) in [5, 5.41) is 0. The predicted molar refractivity (Wildman–Crippen MR) is 128 cm³/mol. The van der Waals surface area contributed by atoms with Crippen LogP contribution in [0.2, 0.25) is 0 Å². The minimum absolute atomic E-state index is 0.0210. The fourth-order valence-electron chi connectivity index (χ4n) is 3.57. The Labute approximate surface area is 209 Å². The zero-order valence-corrected chi connectivity index (χ0v) is 20.3. The molecule has 8 nitrogen and oxygen atoms in total. The van der Waals surface area contributed by atoms with Crippen molar-refractivity contribution in [3.05, 3.63) is 78.5 Å². The molecule has 36 heavy (non-hydrogen) atoms. The van der Waals surface area contributed by atoms with Crippen molar-refractivity contribution in [1.82, 2.24) is 9.88 Å². The maximum atomic E-state index is 13.1. The number of carbonyl (C=O) groups is 2. The Kier molecular flexibility index (Phi) is 6.96. The molecule has 1 fully saturated rings. The highest BCUT2D eigenvalue weighted by Crippen LogP contribution is 2.38. The molecule has 1 aromatic heterocycles. The Bertz CT molecular complexity index is 1380. The summed E-state index contributed by atoms with van der Waals surface area (Å²) in [5.74, 6) is -0.494. The fraction of sp³-hybridized carbons (Fsp3) is 0.174. The molecular formula is C23H19F3N4O4S2. The molecule has 3 aromatic rings. The van der Waals surface area contributed by atoms with Crippen LogP contribution >= 0.6 is 11.8 Å². The summed E-state index contributed by atoms with van der Waals surface area (Å²) >= 11 is -0.293. The number of sulfonamides is 1. The summed E-state index contributed by atoms with van der Waals surface area (Å²) in [7, 11) is -3.88. The van der Waals surface area contributed by atoms with Crippen LogP contribution in [-0.4, -0.2) is 41.8 Å². The minimum Gasteiger partial charge on any atom is -0.308 e. The van der Waals surface area contributed by atoms with Gasteiger partial charge < -0.3 is 4.90 Å². The molecule has 4 rings (SSSR count). The third kappa shape index (κ3) is 5.62. The molecule has 1 unspecified atom stereocenters. The number of urea groups is 1. The van der Waals surface area contributed by atoms with Gasteiger partial charge in [0.1, 0.15) is 11.9 Å². The average Bonchev–Trinajstić information content (AvgIpc) is 3.02. The van der Waals surface area contributed by atoms with Crippen LogP contribution in [0.25, 0.3) is 0 Å². The van der Waals surface area contributed by atoms with Crippen molar-refractivity contribution < 1.29 is 31.2 Å². The fourth-order valence-corrected chi connectivity index (χ4v) is 5.13. The lowest BCUT2D eigenvalue weighted by molar-refractivity contribution is -0.119. The van der Waals surface area contributed by atoms with Gasteiger partial charge in [0.15, 0.2) is 0 Å². The third-order valence-electron chi connectivity index (χ3n) is 5.28. The van der Waals surface area contributed by atoms with Crippen LogP contribution in [0.3, 0.4) is 0 Å². The number of rotatable bonds is 7. The van der Waals surface area contributed by atoms with Gasteiger partial charge in [-0.15, -0.1) is 0 Å². The standard InChI is InChI=1S/C23H19F3N4O4S2/c1-15-21(31)30(17-7-9-18(10-8-17)35-23(24,25)26)22(32)29(15)14-16-11-12-27-20(13-16)28-36(33,34)19-5-3-2-4-6-19/h2-13,15H,14H2,1H3,(H,27,28). The van der Waals surface area contributed by atoms with E-state index in [1.807, 2.05) is 0 Å². The van der Waals surface area contributed by atoms with Gasteiger partial charge in [-0.2, -0.15) is 13.2 Å². The van der Waals surface area contributed by atoms with Crippen molar-refractivity contribution in [1.29, 1.82) is 0 Å². The molecule has 188 valence electrons. The van der Waals surface area contributed by atoms with E-state index < -0.39 is 33.5 Å². The number of hydrogen-bond acceptors (Lipinski definition) is 6. The van der Waals surface area contributed by atoms with E-state index in [1.165, 1.54) is 60.5 Å². The van der Waals surface area contributed by atoms with E-state index in [2.05, 4.69) is 9.71 Å². The van der Waals surface area contributed by atoms with Gasteiger partial charge >= 0.3 is 11.5 Å². The molecule has 1 atom stereocenters. The number of alkyl halides is 3. The van der Waals surface area contributed by atoms with E-state index in [-0.39, 0.29) is 39.6 Å². The average molecular weight is 537 g/mol. The van der Waals surface area contributed by atoms with Gasteiger partial charge in [0.2, 0.25) is 0 Å². The van der Waals surface area contributed by atoms with Gasteiger partial charge in [-0.3, -0.25) is 9.52 Å². The van der Waals surface area contributed by atoms with Crippen LogP contribution in [0, 0.1) is 0 Å². The summed E-state index contributed by atoms with van der Waals surface area (Å²) in [6.07, 6.45) is 1.38. The Balaban J connectivity index is 1.50. The van der Waals surface area contributed by atoms with Crippen molar-refractivity contribution in [2.24, 2.45) is 0 Å². The van der Waals surface area contributed by atoms with Crippen molar-refractivity contribution in [2.45, 2.75) is 34.8 Å². The number of aromatic nitrogens is 1. The smallest absolute Gasteiger partial charge is 0.308 e. The largest absolute Gasteiger partial charge is 0.446 e. The van der Waals surface area contributed by atoms with Crippen molar-refractivity contribution in [3.8, 4) is 0 Å². The predicted octanol–water partition coefficient (Wildman–Crippen LogP) is 4.85. The number of pyridine rings is 1. The number of amides is 3. The minimum atomic E-state index is -4.45. The monoisotopic (exact) mass is 536 g/mol. The summed E-state index contributed by atoms with van der Waals surface area (Å²) in [6, 6.07) is 14.2. The maximum absolute atomic E-state index is 13.1. The molecule has 3 amide bonds. The van der Waals surface area contributed by atoms with E-state index >= 15 is 0 Å². The van der Waals surface area contributed by atoms with Gasteiger partial charge in [-0.1, -0.05) is 18.2 Å². The molecule has 0 spiro atoms. The number of nitrogens with zero attached hydrogens (tertiary/aromatic N) is 3. The van der Waals surface area contributed by atoms with Crippen LogP contribution in [0.15, 0.2) is 82.7 Å². The van der Waals surface area contributed by atoms with Gasteiger partial charge in [0, 0.05) is 17.6 Å². The highest BCUT2D eigenvalue weighted by atomic mass is 32.2. The molecule has 2 heterocycles. The molecule has 0 radical (unpaired) electrons. The van der Waals surface area contributed by atoms with Crippen molar-refractivity contribution in [2.75, 3.05) is 9.62 Å². The second-order valence-corrected chi connectivity index (χ2v) is 10.6. The van der Waals surface area contributed by atoms with E-state index in [0.29, 0.717) is 5.56 Å². The normalized spacial score (nSPS) is 16.5. The SMILES string of the molecule is CC1C(=O)N(c2ccc(SC(F)(F)F)cc2)C(=O)N1Cc1ccnc(NS(=O)(=O)c2ccccc2)c1. The van der Waals surface area contributed by atoms with Crippen LogP contribution in [0.4, 0.5) is 29.5 Å². The number of anilines is 2. The van der Waals surface area contributed by atoms with Crippen LogP contribution < -0.4 is 9.62 Å². The summed E-state index contributed by atoms with van der Waals surface area (Å²) in [5.41, 5.74) is -3.79. The molecular weight excluding hydrogens is 517 g/mol. The van der Waals surface area contributed by atoms with Gasteiger partial charge in [-0.05, 0) is 72.8 Å². The Morgan fingerprint density at radius 1 is 1.03 bits per heavy atom. The number of thioether (sulfide) groups is 1. The van der Waals surface area contributed by atoms with Gasteiger partial charge in [0.25, 0.3) is 15.9 Å². The molecule has 1 aliphatic rings. The molecule has 13 heteroatoms. The van der Waals surface area contributed by atoms with E-state index in [1.54, 1.807) is 24.3 Å². The number of benzene rings is 2. The Hall–Kier alpha value is -3.58. The summed E-state index contributed by atoms with van der Waals surface area (Å²) < 4.78 is 65.3. The van der Waals surface area contributed by atoms with Crippen LogP contribution in [0.1, 0.15) is 12.5 Å². The summed E-state index contributed by atoms with van der Waals surface area (Å²) in [4.78, 5) is 32.1. The lowest BCUT2D eigenvalue weighted by Gasteiger charge is -2.20. The van der Waals surface area contributed by atoms with E-state index in [9.17, 15) is 31.2 Å². The summed E-state index contributed by atoms with van der Waals surface area (Å²) in [6.45, 7) is 1.52. The van der Waals surface area contributed by atoms with Gasteiger partial charge in [0.05, 0.1) is 10.6 Å². The van der Waals surface area contributed by atoms with E-state index in [0.717, 1.165) is 4.90 Å². The van der Waals surface area contributed by atoms with E-state index in [4.69, 9.17) is 0 Å². The maximum Gasteiger partial charge on any atom is 0.446 e. The number of nitrogens with one attached hydrogen (secondary N) is 1. The second-order valence-electron chi connectivity index (χ2n) is 7.77. The molecule has 0 saturated carbocycles. The van der Waals surface area contributed by atoms with Gasteiger partial charge in [-0.25, -0.2) is 23.1 Å². The lowest BCUT2D eigenvalue weighted by Crippen LogP contribution is -2.33. The second kappa shape index (κ2) is 9.82. The lowest BCUT2D eigenvalue weighted by atomic mass is 10.2. The first-order chi connectivity index (χ1) is 16.9. The third-order valence-corrected chi connectivity index (χ3v) is 7.39. The van der Waals surface area contributed by atoms with Crippen molar-refractivity contribution >= 4 is 45.2 Å². The quantitative estimate of drug-likeness (QED) is 0.342. The molecule has 0 bridgehead atoms. The van der Waals surface area contributed by atoms with Crippen LogP contribution in [0.5, 0.6) is 0 Å².